The third kappa shape index (κ3) is 6.94. The zero-order valence-electron chi connectivity index (χ0n) is 23.5. The van der Waals surface area contributed by atoms with Gasteiger partial charge in [0.15, 0.2) is 0 Å². The van der Waals surface area contributed by atoms with Crippen molar-refractivity contribution >= 4 is 11.8 Å². The molecule has 2 amide bonds. The van der Waals surface area contributed by atoms with Crippen molar-refractivity contribution in [2.24, 2.45) is 0 Å². The van der Waals surface area contributed by atoms with Crippen LogP contribution in [0.15, 0.2) is 146 Å². The number of hydrogen-bond acceptors (Lipinski definition) is 3. The highest BCUT2D eigenvalue weighted by Crippen LogP contribution is 2.28. The third-order valence-corrected chi connectivity index (χ3v) is 7.15. The molecule has 0 fully saturated rings. The van der Waals surface area contributed by atoms with Crippen molar-refractivity contribution in [3.8, 4) is 5.75 Å². The topological polar surface area (TPSA) is 67.4 Å². The van der Waals surface area contributed by atoms with Gasteiger partial charge in [-0.05, 0) is 46.9 Å². The molecule has 0 saturated carbocycles. The summed E-state index contributed by atoms with van der Waals surface area (Å²) in [5.74, 6) is -0.845. The maximum absolute atomic E-state index is 14.1. The second-order valence-corrected chi connectivity index (χ2v) is 9.96. The highest BCUT2D eigenvalue weighted by Gasteiger charge is 2.29. The average Bonchev–Trinajstić information content (AvgIpc) is 3.04. The van der Waals surface area contributed by atoms with Crippen molar-refractivity contribution in [3.63, 3.8) is 0 Å². The number of ether oxygens (including phenoxy) is 1. The van der Waals surface area contributed by atoms with Crippen molar-refractivity contribution < 1.29 is 14.3 Å². The van der Waals surface area contributed by atoms with Crippen LogP contribution >= 0.6 is 0 Å². The predicted octanol–water partition coefficient (Wildman–Crippen LogP) is 6.98. The molecule has 0 aliphatic rings. The third-order valence-electron chi connectivity index (χ3n) is 7.15. The molecule has 0 aliphatic heterocycles. The molecule has 0 saturated heterocycles. The van der Waals surface area contributed by atoms with E-state index < -0.39 is 18.0 Å². The monoisotopic (exact) mass is 554 g/mol. The average molecular weight is 555 g/mol. The van der Waals surface area contributed by atoms with Crippen LogP contribution < -0.4 is 15.4 Å². The lowest BCUT2D eigenvalue weighted by Crippen LogP contribution is -2.44. The summed E-state index contributed by atoms with van der Waals surface area (Å²) in [6.45, 7) is 2.47. The molecule has 0 aromatic heterocycles. The lowest BCUT2D eigenvalue weighted by atomic mass is 9.89. The number of amides is 2. The largest absolute Gasteiger partial charge is 0.494 e. The van der Waals surface area contributed by atoms with Crippen molar-refractivity contribution in [2.45, 2.75) is 24.9 Å². The Kier molecular flexibility index (Phi) is 9.42. The number of carbonyl (C=O) groups is 2. The van der Waals surface area contributed by atoms with E-state index in [1.807, 2.05) is 153 Å². The van der Waals surface area contributed by atoms with Crippen LogP contribution in [0.25, 0.3) is 0 Å². The summed E-state index contributed by atoms with van der Waals surface area (Å²) >= 11 is 0. The van der Waals surface area contributed by atoms with E-state index in [9.17, 15) is 9.59 Å². The Hall–Kier alpha value is -5.16. The van der Waals surface area contributed by atoms with Gasteiger partial charge < -0.3 is 15.4 Å². The first kappa shape index (κ1) is 28.4. The molecular weight excluding hydrogens is 520 g/mol. The van der Waals surface area contributed by atoms with Crippen molar-refractivity contribution in [1.29, 1.82) is 0 Å². The molecule has 5 rings (SSSR count). The Balaban J connectivity index is 1.50. The molecule has 0 bridgehead atoms. The fraction of sp³-hybridized carbons (Fsp3) is 0.135. The van der Waals surface area contributed by atoms with E-state index >= 15 is 0 Å². The molecule has 5 aromatic rings. The zero-order valence-corrected chi connectivity index (χ0v) is 23.5. The Morgan fingerprint density at radius 1 is 0.500 bits per heavy atom. The molecule has 210 valence electrons. The van der Waals surface area contributed by atoms with Crippen LogP contribution in [-0.2, 0) is 9.59 Å². The lowest BCUT2D eigenvalue weighted by molar-refractivity contribution is -0.125. The van der Waals surface area contributed by atoms with Crippen molar-refractivity contribution in [1.82, 2.24) is 10.6 Å². The van der Waals surface area contributed by atoms with Crippen LogP contribution in [0.1, 0.15) is 52.7 Å². The molecular formula is C37H34N2O3. The zero-order chi connectivity index (χ0) is 29.1. The maximum Gasteiger partial charge on any atom is 0.233 e. The first-order chi connectivity index (χ1) is 20.6. The van der Waals surface area contributed by atoms with Crippen LogP contribution in [-0.4, -0.2) is 18.4 Å². The van der Waals surface area contributed by atoms with E-state index in [-0.39, 0.29) is 11.8 Å². The van der Waals surface area contributed by atoms with E-state index in [2.05, 4.69) is 10.6 Å². The van der Waals surface area contributed by atoms with E-state index in [0.717, 1.165) is 33.6 Å². The van der Waals surface area contributed by atoms with Crippen LogP contribution in [0.2, 0.25) is 0 Å². The molecule has 0 atom stereocenters. The Morgan fingerprint density at radius 3 is 1.14 bits per heavy atom. The highest BCUT2D eigenvalue weighted by molar-refractivity contribution is 5.90. The minimum absolute atomic E-state index is 0.220. The van der Waals surface area contributed by atoms with Gasteiger partial charge in [0.2, 0.25) is 11.8 Å². The van der Waals surface area contributed by atoms with Gasteiger partial charge in [-0.3, -0.25) is 9.59 Å². The Morgan fingerprint density at radius 2 is 0.833 bits per heavy atom. The quantitative estimate of drug-likeness (QED) is 0.173. The van der Waals surface area contributed by atoms with Crippen LogP contribution in [0.3, 0.4) is 0 Å². The fourth-order valence-electron chi connectivity index (χ4n) is 5.15. The van der Waals surface area contributed by atoms with Crippen molar-refractivity contribution in [3.05, 3.63) is 173 Å². The second-order valence-electron chi connectivity index (χ2n) is 9.96. The van der Waals surface area contributed by atoms with Gasteiger partial charge in [-0.1, -0.05) is 133 Å². The lowest BCUT2D eigenvalue weighted by Gasteiger charge is -2.27. The normalized spacial score (nSPS) is 11.0. The first-order valence-electron chi connectivity index (χ1n) is 14.2. The summed E-state index contributed by atoms with van der Waals surface area (Å²) in [5.41, 5.74) is 4.20. The molecule has 0 heterocycles. The predicted molar refractivity (Wildman–Crippen MR) is 166 cm³/mol. The number of carbonyl (C=O) groups excluding carboxylic acids is 2. The molecule has 2 N–H and O–H groups in total. The maximum atomic E-state index is 14.1. The van der Waals surface area contributed by atoms with Crippen molar-refractivity contribution in [2.75, 3.05) is 6.61 Å². The smallest absolute Gasteiger partial charge is 0.233 e. The second kappa shape index (κ2) is 14.0. The highest BCUT2D eigenvalue weighted by atomic mass is 16.5. The molecule has 42 heavy (non-hydrogen) atoms. The minimum Gasteiger partial charge on any atom is -0.494 e. The van der Waals surface area contributed by atoms with Gasteiger partial charge in [0, 0.05) is 0 Å². The number of nitrogens with one attached hydrogen (secondary N) is 2. The summed E-state index contributed by atoms with van der Waals surface area (Å²) < 4.78 is 5.64. The number of hydrogen-bond donors (Lipinski definition) is 2. The van der Waals surface area contributed by atoms with Gasteiger partial charge in [-0.25, -0.2) is 0 Å². The number of rotatable bonds is 11. The molecule has 5 heteroatoms. The van der Waals surface area contributed by atoms with Crippen LogP contribution in [0.5, 0.6) is 5.75 Å². The fourth-order valence-corrected chi connectivity index (χ4v) is 5.15. The van der Waals surface area contributed by atoms with Gasteiger partial charge in [-0.2, -0.15) is 0 Å². The first-order valence-corrected chi connectivity index (χ1v) is 14.2. The van der Waals surface area contributed by atoms with Gasteiger partial charge in [0.05, 0.1) is 18.4 Å². The van der Waals surface area contributed by atoms with Crippen LogP contribution in [0, 0.1) is 0 Å². The molecule has 0 aliphatic carbocycles. The standard InChI is InChI=1S/C37H34N2O3/c1-2-42-32-25-23-31(24-26-32)35(38-36(40)33(27-15-7-3-8-16-27)28-17-9-4-10-18-28)39-37(41)34(29-19-11-5-12-20-29)30-21-13-6-14-22-30/h3-26,33-35H,2H2,1H3,(H,38,40)(H,39,41). The van der Waals surface area contributed by atoms with Crippen LogP contribution in [0.4, 0.5) is 0 Å². The molecule has 5 nitrogen and oxygen atoms in total. The Labute approximate surface area is 247 Å². The van der Waals surface area contributed by atoms with E-state index in [4.69, 9.17) is 4.74 Å². The minimum atomic E-state index is -0.787. The Bertz CT molecular complexity index is 1380. The number of benzene rings is 5. The summed E-state index contributed by atoms with van der Waals surface area (Å²) in [4.78, 5) is 28.2. The summed E-state index contributed by atoms with van der Waals surface area (Å²) in [6, 6.07) is 46.1. The van der Waals surface area contributed by atoms with Gasteiger partial charge in [0.1, 0.15) is 11.9 Å². The molecule has 5 aromatic carbocycles. The summed E-state index contributed by atoms with van der Waals surface area (Å²) in [7, 11) is 0. The summed E-state index contributed by atoms with van der Waals surface area (Å²) in [5, 5.41) is 6.32. The van der Waals surface area contributed by atoms with Gasteiger partial charge >= 0.3 is 0 Å². The van der Waals surface area contributed by atoms with E-state index in [1.54, 1.807) is 0 Å². The summed E-state index contributed by atoms with van der Waals surface area (Å²) in [6.07, 6.45) is -0.787. The van der Waals surface area contributed by atoms with E-state index in [1.165, 1.54) is 0 Å². The van der Waals surface area contributed by atoms with Gasteiger partial charge in [0.25, 0.3) is 0 Å². The van der Waals surface area contributed by atoms with Gasteiger partial charge in [-0.15, -0.1) is 0 Å². The molecule has 0 unspecified atom stereocenters. The SMILES string of the molecule is CCOc1ccc(C(NC(=O)C(c2ccccc2)c2ccccc2)NC(=O)C(c2ccccc2)c2ccccc2)cc1. The molecule has 0 spiro atoms. The van der Waals surface area contributed by atoms with E-state index in [0.29, 0.717) is 6.61 Å². The molecule has 0 radical (unpaired) electrons.